The number of aliphatic hydroxyl groups excluding tert-OH is 6. The van der Waals surface area contributed by atoms with E-state index in [4.69, 9.17) is 23.7 Å². The van der Waals surface area contributed by atoms with Gasteiger partial charge in [0, 0.05) is 12.1 Å². The molecular weight excluding hydrogens is 576 g/mol. The van der Waals surface area contributed by atoms with Crippen LogP contribution in [0.2, 0.25) is 0 Å². The van der Waals surface area contributed by atoms with Gasteiger partial charge in [-0.3, -0.25) is 4.79 Å². The van der Waals surface area contributed by atoms with Crippen molar-refractivity contribution >= 4 is 11.9 Å². The van der Waals surface area contributed by atoms with Crippen molar-refractivity contribution in [1.29, 1.82) is 0 Å². The molecule has 15 heteroatoms. The molecule has 4 rings (SSSR count). The number of benzene rings is 2. The van der Waals surface area contributed by atoms with Gasteiger partial charge in [-0.15, -0.1) is 0 Å². The average molecular weight is 611 g/mol. The molecule has 2 aromatic rings. The summed E-state index contributed by atoms with van der Waals surface area (Å²) in [4.78, 5) is 12.7. The van der Waals surface area contributed by atoms with Crippen LogP contribution in [0.3, 0.4) is 0 Å². The smallest absolute Gasteiger partial charge is 0.229 e. The Morgan fingerprint density at radius 1 is 0.814 bits per heavy atom. The van der Waals surface area contributed by atoms with Crippen molar-refractivity contribution < 1.29 is 74.4 Å². The van der Waals surface area contributed by atoms with Gasteiger partial charge in [0.25, 0.3) is 0 Å². The fraction of sp³-hybridized carbons (Fsp3) is 0.464. The van der Waals surface area contributed by atoms with Crippen molar-refractivity contribution in [3.8, 4) is 28.7 Å². The van der Waals surface area contributed by atoms with Crippen LogP contribution in [0.15, 0.2) is 36.4 Å². The highest BCUT2D eigenvalue weighted by molar-refractivity contribution is 6.10. The normalized spacial score (nSPS) is 32.9. The first-order chi connectivity index (χ1) is 20.3. The monoisotopic (exact) mass is 610 g/mol. The van der Waals surface area contributed by atoms with Gasteiger partial charge < -0.3 is 69.6 Å². The number of ether oxygens (including phenoxy) is 5. The molecule has 43 heavy (non-hydrogen) atoms. The Morgan fingerprint density at radius 2 is 1.44 bits per heavy atom. The van der Waals surface area contributed by atoms with Gasteiger partial charge in [-0.2, -0.15) is 0 Å². The van der Waals surface area contributed by atoms with Crippen molar-refractivity contribution in [2.45, 2.75) is 68.3 Å². The first-order valence-electron chi connectivity index (χ1n) is 13.1. The molecule has 9 N–H and O–H groups in total. The number of hydrogen-bond acceptors (Lipinski definition) is 15. The predicted molar refractivity (Wildman–Crippen MR) is 143 cm³/mol. The molecule has 0 amide bonds. The van der Waals surface area contributed by atoms with Crippen molar-refractivity contribution in [3.63, 3.8) is 0 Å². The molecule has 0 aliphatic carbocycles. The predicted octanol–water partition coefficient (Wildman–Crippen LogP) is -1.26. The minimum Gasteiger partial charge on any atom is -0.507 e. The van der Waals surface area contributed by atoms with Gasteiger partial charge in [0.1, 0.15) is 65.5 Å². The van der Waals surface area contributed by atoms with E-state index in [0.717, 1.165) is 18.2 Å². The largest absolute Gasteiger partial charge is 0.507 e. The number of methoxy groups -OCH3 is 1. The van der Waals surface area contributed by atoms with E-state index in [0.29, 0.717) is 5.56 Å². The number of rotatable bonds is 9. The molecule has 2 fully saturated rings. The van der Waals surface area contributed by atoms with Crippen molar-refractivity contribution in [2.75, 3.05) is 13.7 Å². The highest BCUT2D eigenvalue weighted by Gasteiger charge is 2.47. The Labute approximate surface area is 245 Å². The van der Waals surface area contributed by atoms with Crippen LogP contribution >= 0.6 is 0 Å². The summed E-state index contributed by atoms with van der Waals surface area (Å²) >= 11 is 0. The van der Waals surface area contributed by atoms with E-state index < -0.39 is 90.9 Å². The fourth-order valence-electron chi connectivity index (χ4n) is 4.60. The minimum atomic E-state index is -1.81. The third-order valence-electron chi connectivity index (χ3n) is 7.10. The van der Waals surface area contributed by atoms with Gasteiger partial charge in [0.05, 0.1) is 19.8 Å². The summed E-state index contributed by atoms with van der Waals surface area (Å²) in [6.45, 7) is 0.920. The van der Waals surface area contributed by atoms with Gasteiger partial charge in [-0.05, 0) is 30.7 Å². The van der Waals surface area contributed by atoms with Crippen LogP contribution in [-0.2, 0) is 14.2 Å². The molecule has 2 aliphatic rings. The van der Waals surface area contributed by atoms with Crippen LogP contribution in [0.5, 0.6) is 28.7 Å². The lowest BCUT2D eigenvalue weighted by Gasteiger charge is -2.42. The topological polar surface area (TPSA) is 245 Å². The Kier molecular flexibility index (Phi) is 10.1. The lowest BCUT2D eigenvalue weighted by Crippen LogP contribution is -2.61. The number of ketones is 1. The summed E-state index contributed by atoms with van der Waals surface area (Å²) in [7, 11) is 1.38. The first-order valence-corrected chi connectivity index (χ1v) is 13.1. The molecule has 2 aliphatic heterocycles. The zero-order valence-electron chi connectivity index (χ0n) is 23.0. The zero-order valence-corrected chi connectivity index (χ0v) is 23.0. The van der Waals surface area contributed by atoms with Crippen LogP contribution in [0, 0.1) is 0 Å². The molecular formula is C28H34O15. The number of aromatic hydroxyl groups is 3. The molecule has 0 saturated carbocycles. The maximum absolute atomic E-state index is 12.7. The van der Waals surface area contributed by atoms with Crippen LogP contribution in [0.25, 0.3) is 6.08 Å². The number of aliphatic hydroxyl groups is 6. The second-order valence-corrected chi connectivity index (χ2v) is 10.1. The van der Waals surface area contributed by atoms with Gasteiger partial charge in [-0.25, -0.2) is 0 Å². The molecule has 2 heterocycles. The molecule has 236 valence electrons. The maximum atomic E-state index is 12.7. The number of phenols is 3. The van der Waals surface area contributed by atoms with E-state index in [9.17, 15) is 50.8 Å². The van der Waals surface area contributed by atoms with E-state index in [1.165, 1.54) is 32.2 Å². The zero-order chi connectivity index (χ0) is 31.6. The van der Waals surface area contributed by atoms with Crippen molar-refractivity contribution in [1.82, 2.24) is 0 Å². The second kappa shape index (κ2) is 13.4. The Morgan fingerprint density at radius 3 is 2.07 bits per heavy atom. The standard InChI is InChI=1S/C28H34O15/c1-11-21(33)23(35)25(37)27(41-11)40-10-19-22(34)24(36)26(38)28(43-19)42-13-8-16(31)20(17(32)9-13)14(29)5-3-12-4-6-18(39-2)15(30)7-12/h3-9,11,19,21-28,30-38H,10H2,1-2H3/b5-3+/t11-,19+,21-,22+,23+,24-,25+,26+,27+,28+/m0/s1. The Bertz CT molecular complexity index is 1290. The number of carbonyl (C=O) groups excluding carboxylic acids is 1. The molecule has 15 nitrogen and oxygen atoms in total. The summed E-state index contributed by atoms with van der Waals surface area (Å²) < 4.78 is 26.7. The SMILES string of the molecule is COc1ccc(/C=C/C(=O)c2c(O)cc(O[C@@H]3O[C@H](CO[C@@H]4O[C@@H](C)[C@H](O)[C@@H](O)[C@H]4O)[C@@H](O)[C@H](O)[C@H]3O)cc2O)cc1O. The highest BCUT2D eigenvalue weighted by atomic mass is 16.7. The third-order valence-corrected chi connectivity index (χ3v) is 7.10. The number of hydrogen-bond donors (Lipinski definition) is 9. The van der Waals surface area contributed by atoms with Crippen molar-refractivity contribution in [2.24, 2.45) is 0 Å². The van der Waals surface area contributed by atoms with E-state index in [1.807, 2.05) is 0 Å². The third kappa shape index (κ3) is 7.01. The minimum absolute atomic E-state index is 0.156. The maximum Gasteiger partial charge on any atom is 0.229 e. The van der Waals surface area contributed by atoms with Gasteiger partial charge in [0.2, 0.25) is 6.29 Å². The number of carbonyl (C=O) groups is 1. The molecule has 2 aromatic carbocycles. The summed E-state index contributed by atoms with van der Waals surface area (Å²) in [6, 6.07) is 6.31. The average Bonchev–Trinajstić information content (AvgIpc) is 2.96. The van der Waals surface area contributed by atoms with Gasteiger partial charge in [0.15, 0.2) is 23.6 Å². The first kappa shape index (κ1) is 32.4. The van der Waals surface area contributed by atoms with Crippen LogP contribution in [0.1, 0.15) is 22.8 Å². The van der Waals surface area contributed by atoms with E-state index in [-0.39, 0.29) is 17.2 Å². The molecule has 2 saturated heterocycles. The number of phenolic OH excluding ortho intramolecular Hbond substituents is 3. The second-order valence-electron chi connectivity index (χ2n) is 10.1. The molecule has 0 spiro atoms. The van der Waals surface area contributed by atoms with Crippen LogP contribution < -0.4 is 9.47 Å². The van der Waals surface area contributed by atoms with E-state index in [2.05, 4.69) is 0 Å². The summed E-state index contributed by atoms with van der Waals surface area (Å²) in [5.41, 5.74) is -0.0399. The van der Waals surface area contributed by atoms with Crippen molar-refractivity contribution in [3.05, 3.63) is 47.5 Å². The highest BCUT2D eigenvalue weighted by Crippen LogP contribution is 2.35. The van der Waals surface area contributed by atoms with E-state index in [1.54, 1.807) is 6.07 Å². The Balaban J connectivity index is 1.43. The molecule has 0 radical (unpaired) electrons. The van der Waals surface area contributed by atoms with Crippen LogP contribution in [-0.4, -0.2) is 127 Å². The van der Waals surface area contributed by atoms with E-state index >= 15 is 0 Å². The van der Waals surface area contributed by atoms with Gasteiger partial charge in [-0.1, -0.05) is 12.1 Å². The summed E-state index contributed by atoms with van der Waals surface area (Å²) in [5.74, 6) is -2.37. The summed E-state index contributed by atoms with van der Waals surface area (Å²) in [5, 5.41) is 91.9. The fourth-order valence-corrected chi connectivity index (χ4v) is 4.60. The quantitative estimate of drug-likeness (QED) is 0.119. The van der Waals surface area contributed by atoms with Gasteiger partial charge >= 0.3 is 0 Å². The molecule has 0 aromatic heterocycles. The molecule has 10 atom stereocenters. The summed E-state index contributed by atoms with van der Waals surface area (Å²) in [6.07, 6.45) is -12.8. The lowest BCUT2D eigenvalue weighted by atomic mass is 9.98. The Hall–Kier alpha value is -3.51. The number of allylic oxidation sites excluding steroid dienone is 1. The molecule has 0 bridgehead atoms. The lowest BCUT2D eigenvalue weighted by molar-refractivity contribution is -0.318. The molecule has 0 unspecified atom stereocenters. The van der Waals surface area contributed by atoms with Crippen LogP contribution in [0.4, 0.5) is 0 Å².